The molecule has 0 aromatic heterocycles. The van der Waals surface area contributed by atoms with Crippen LogP contribution in [0.25, 0.3) is 0 Å². The van der Waals surface area contributed by atoms with Gasteiger partial charge >= 0.3 is 5.97 Å². The van der Waals surface area contributed by atoms with E-state index in [1.165, 1.54) is 0 Å². The Labute approximate surface area is 221 Å². The maximum atomic E-state index is 12.7. The molecule has 1 N–H and O–H groups in total. The number of rotatable bonds is 6. The van der Waals surface area contributed by atoms with Gasteiger partial charge in [0.25, 0.3) is 0 Å². The van der Waals surface area contributed by atoms with E-state index in [4.69, 9.17) is 35.6 Å². The Hall–Kier alpha value is -2.22. The standard InChI is InChI=1S/C27H33ClN2O7/c1-15-7-8-20-16(2)24(34-25-27(20)19(15)11-12-26(3,35-25)36-37-27)33-23(32)10-9-22(31)30-21(14-29)17-5-4-6-18(28)13-17/h4-6,13,15-16,19-21,24-25H,7-12H2,1-3H3,(H,30,31)/t15-,16-,19?,20?,21?,24-,25-,26+,27-/m1/s1. The number of hydrogen-bond donors (Lipinski definition) is 1. The molecule has 1 aliphatic carbocycles. The molecule has 200 valence electrons. The van der Waals surface area contributed by atoms with Crippen LogP contribution in [-0.4, -0.2) is 35.8 Å². The number of hydrogen-bond acceptors (Lipinski definition) is 8. The number of nitriles is 1. The van der Waals surface area contributed by atoms with E-state index in [1.54, 1.807) is 24.3 Å². The zero-order valence-corrected chi connectivity index (χ0v) is 22.0. The highest BCUT2D eigenvalue weighted by atomic mass is 35.5. The molecule has 9 atom stereocenters. The molecule has 0 radical (unpaired) electrons. The van der Waals surface area contributed by atoms with Gasteiger partial charge in [-0.2, -0.15) is 5.26 Å². The number of carbonyl (C=O) groups is 2. The first kappa shape index (κ1) is 26.4. The lowest BCUT2D eigenvalue weighted by atomic mass is 9.58. The fraction of sp³-hybridized carbons (Fsp3) is 0.667. The Morgan fingerprint density at radius 3 is 2.78 bits per heavy atom. The molecule has 2 bridgehead atoms. The number of carbonyl (C=O) groups excluding carboxylic acids is 2. The predicted octanol–water partition coefficient (Wildman–Crippen LogP) is 4.55. The smallest absolute Gasteiger partial charge is 0.308 e. The van der Waals surface area contributed by atoms with Crippen LogP contribution in [-0.2, 0) is 33.6 Å². The van der Waals surface area contributed by atoms with Crippen molar-refractivity contribution in [2.45, 2.75) is 89.3 Å². The van der Waals surface area contributed by atoms with E-state index in [0.29, 0.717) is 22.9 Å². The van der Waals surface area contributed by atoms with Gasteiger partial charge in [-0.25, -0.2) is 9.78 Å². The van der Waals surface area contributed by atoms with Crippen LogP contribution >= 0.6 is 11.6 Å². The molecule has 5 fully saturated rings. The zero-order valence-electron chi connectivity index (χ0n) is 21.3. The van der Waals surface area contributed by atoms with E-state index >= 15 is 0 Å². The van der Waals surface area contributed by atoms with E-state index in [1.807, 2.05) is 19.9 Å². The first-order valence-corrected chi connectivity index (χ1v) is 13.4. The Balaban J connectivity index is 1.21. The lowest BCUT2D eigenvalue weighted by molar-refractivity contribution is -0.576. The quantitative estimate of drug-likeness (QED) is 0.419. The van der Waals surface area contributed by atoms with E-state index in [2.05, 4.69) is 12.2 Å². The molecule has 6 rings (SSSR count). The van der Waals surface area contributed by atoms with Crippen molar-refractivity contribution < 1.29 is 33.6 Å². The van der Waals surface area contributed by atoms with Crippen molar-refractivity contribution in [1.82, 2.24) is 5.32 Å². The van der Waals surface area contributed by atoms with Gasteiger partial charge in [0.05, 0.1) is 12.5 Å². The van der Waals surface area contributed by atoms with Crippen molar-refractivity contribution in [2.24, 2.45) is 23.7 Å². The summed E-state index contributed by atoms with van der Waals surface area (Å²) in [6.07, 6.45) is 1.74. The third-order valence-corrected chi connectivity index (χ3v) is 8.75. The molecule has 4 heterocycles. The molecule has 37 heavy (non-hydrogen) atoms. The second kappa shape index (κ2) is 10.2. The van der Waals surface area contributed by atoms with Gasteiger partial charge in [-0.05, 0) is 55.7 Å². The SMILES string of the molecule is C[C@@H]1CCC2[C@@H](C)[C@H](OC(=O)CCC(=O)NC(C#N)c3cccc(Cl)c3)O[C@@H]3O[C@]4(C)CCC1[C@@]23OO4. The summed E-state index contributed by atoms with van der Waals surface area (Å²) >= 11 is 5.99. The number of fused-ring (bicyclic) bond motifs is 2. The number of benzene rings is 1. The van der Waals surface area contributed by atoms with Crippen LogP contribution in [0.1, 0.15) is 70.9 Å². The van der Waals surface area contributed by atoms with Gasteiger partial charge in [-0.1, -0.05) is 37.6 Å². The number of nitrogens with zero attached hydrogens (tertiary/aromatic N) is 1. The summed E-state index contributed by atoms with van der Waals surface area (Å²) < 4.78 is 18.3. The average molecular weight is 533 g/mol. The van der Waals surface area contributed by atoms with Gasteiger partial charge in [-0.15, -0.1) is 0 Å². The Bertz CT molecular complexity index is 1090. The zero-order chi connectivity index (χ0) is 26.4. The molecule has 1 spiro atoms. The van der Waals surface area contributed by atoms with Crippen LogP contribution in [0.5, 0.6) is 0 Å². The predicted molar refractivity (Wildman–Crippen MR) is 130 cm³/mol. The highest BCUT2D eigenvalue weighted by molar-refractivity contribution is 6.30. The largest absolute Gasteiger partial charge is 0.435 e. The second-order valence-electron chi connectivity index (χ2n) is 10.9. The van der Waals surface area contributed by atoms with Gasteiger partial charge in [-0.3, -0.25) is 9.59 Å². The number of ether oxygens (including phenoxy) is 3. The summed E-state index contributed by atoms with van der Waals surface area (Å²) in [5, 5.41) is 12.6. The average Bonchev–Trinajstić information content (AvgIpc) is 3.10. The molecule has 9 nitrogen and oxygen atoms in total. The summed E-state index contributed by atoms with van der Waals surface area (Å²) in [4.78, 5) is 37.1. The van der Waals surface area contributed by atoms with Gasteiger partial charge in [0.15, 0.2) is 11.9 Å². The number of halogens is 1. The minimum atomic E-state index is -0.912. The number of nitrogens with one attached hydrogen (secondary N) is 1. The van der Waals surface area contributed by atoms with Gasteiger partial charge in [0, 0.05) is 29.7 Å². The van der Waals surface area contributed by atoms with Crippen molar-refractivity contribution in [1.29, 1.82) is 5.26 Å². The monoisotopic (exact) mass is 532 g/mol. The van der Waals surface area contributed by atoms with E-state index < -0.39 is 41.9 Å². The summed E-state index contributed by atoms with van der Waals surface area (Å²) in [5.74, 6) is -1.37. The van der Waals surface area contributed by atoms with Gasteiger partial charge in [0.1, 0.15) is 6.04 Å². The van der Waals surface area contributed by atoms with E-state index in [0.717, 1.165) is 19.3 Å². The van der Waals surface area contributed by atoms with E-state index in [9.17, 15) is 14.9 Å². The molecule has 3 unspecified atom stereocenters. The Morgan fingerprint density at radius 1 is 1.22 bits per heavy atom. The topological polar surface area (TPSA) is 116 Å². The minimum Gasteiger partial charge on any atom is -0.435 e. The number of amides is 1. The van der Waals surface area contributed by atoms with Crippen LogP contribution in [0.2, 0.25) is 5.02 Å². The molecule has 5 aliphatic rings. The molecule has 1 saturated carbocycles. The summed E-state index contributed by atoms with van der Waals surface area (Å²) in [5.41, 5.74) is -0.162. The lowest BCUT2D eigenvalue weighted by Gasteiger charge is -2.59. The molecule has 1 aromatic rings. The molecule has 4 saturated heterocycles. The summed E-state index contributed by atoms with van der Waals surface area (Å²) in [6, 6.07) is 7.89. The third kappa shape index (κ3) is 4.86. The lowest BCUT2D eigenvalue weighted by Crippen LogP contribution is -2.70. The Morgan fingerprint density at radius 2 is 2.03 bits per heavy atom. The van der Waals surface area contributed by atoms with Crippen LogP contribution in [0.4, 0.5) is 0 Å². The van der Waals surface area contributed by atoms with Crippen LogP contribution in [0, 0.1) is 35.0 Å². The molecular formula is C27H33ClN2O7. The van der Waals surface area contributed by atoms with Gasteiger partial charge < -0.3 is 19.5 Å². The highest BCUT2D eigenvalue weighted by Crippen LogP contribution is 2.60. The van der Waals surface area contributed by atoms with Crippen molar-refractivity contribution >= 4 is 23.5 Å². The second-order valence-corrected chi connectivity index (χ2v) is 11.4. The first-order chi connectivity index (χ1) is 17.6. The fourth-order valence-corrected chi connectivity index (χ4v) is 6.72. The minimum absolute atomic E-state index is 0.0327. The maximum absolute atomic E-state index is 12.7. The molecule has 1 amide bonds. The molecular weight excluding hydrogens is 500 g/mol. The van der Waals surface area contributed by atoms with Crippen molar-refractivity contribution in [3.05, 3.63) is 34.9 Å². The fourth-order valence-electron chi connectivity index (χ4n) is 6.52. The van der Waals surface area contributed by atoms with Crippen molar-refractivity contribution in [2.75, 3.05) is 0 Å². The summed E-state index contributed by atoms with van der Waals surface area (Å²) in [7, 11) is 0. The van der Waals surface area contributed by atoms with Gasteiger partial charge in [0.2, 0.25) is 18.0 Å². The van der Waals surface area contributed by atoms with Crippen molar-refractivity contribution in [3.63, 3.8) is 0 Å². The molecule has 10 heteroatoms. The van der Waals surface area contributed by atoms with Crippen molar-refractivity contribution in [3.8, 4) is 6.07 Å². The highest BCUT2D eigenvalue weighted by Gasteiger charge is 2.69. The van der Waals surface area contributed by atoms with Crippen LogP contribution in [0.3, 0.4) is 0 Å². The van der Waals surface area contributed by atoms with Crippen LogP contribution in [0.15, 0.2) is 24.3 Å². The normalized spacial score (nSPS) is 39.0. The third-order valence-electron chi connectivity index (χ3n) is 8.52. The van der Waals surface area contributed by atoms with Crippen LogP contribution < -0.4 is 5.32 Å². The maximum Gasteiger partial charge on any atom is 0.308 e. The molecule has 1 aromatic carbocycles. The molecule has 4 aliphatic heterocycles. The summed E-state index contributed by atoms with van der Waals surface area (Å²) in [6.45, 7) is 6.08. The Kier molecular flexibility index (Phi) is 7.24. The number of esters is 1. The first-order valence-electron chi connectivity index (χ1n) is 13.0. The van der Waals surface area contributed by atoms with E-state index in [-0.39, 0.29) is 30.6 Å².